The molecule has 0 saturated carbocycles. The minimum Gasteiger partial charge on any atom is -0.458 e. The highest BCUT2D eigenvalue weighted by atomic mass is 16.5. The van der Waals surface area contributed by atoms with E-state index in [1.165, 1.54) is 21.5 Å². The summed E-state index contributed by atoms with van der Waals surface area (Å²) >= 11 is 0. The fourth-order valence-corrected chi connectivity index (χ4v) is 14.0. The largest absolute Gasteiger partial charge is 0.458 e. The number of hydrogen-bond acceptors (Lipinski definition) is 4. The van der Waals surface area contributed by atoms with E-state index in [1.54, 1.807) is 0 Å². The molecule has 0 bridgehead atoms. The number of aromatic nitrogens is 3. The standard InChI is InChI=1S/C78H50BN5O2/c1-5-21-51(22-6-1)80(52-23-7-2-8-24-52)55-39-43-72-64(45-55)65-46-56(81(53-25-9-3-10-26-53)54-27-11-4-12-28-54)40-44-73(65)84(72)59-49-76-78-77(50-59)86-75-48-58(83-70-35-19-15-31-62(70)63-32-16-20-36-71(63)83)38-42-67(75)79(78)66-41-37-57(47-74(66)85-76)82-68-33-17-13-29-60(68)61-30-14-18-34-69(61)82/h1-50H. The molecule has 86 heavy (non-hydrogen) atoms. The molecule has 2 aliphatic heterocycles. The average Bonchev–Trinajstić information content (AvgIpc) is 1.44. The molecule has 5 heterocycles. The Morgan fingerprint density at radius 3 is 0.895 bits per heavy atom. The van der Waals surface area contributed by atoms with Crippen LogP contribution in [0.5, 0.6) is 23.0 Å². The fraction of sp³-hybridized carbons (Fsp3) is 0. The minimum atomic E-state index is -0.187. The number of hydrogen-bond donors (Lipinski definition) is 0. The second-order valence-electron chi connectivity index (χ2n) is 22.4. The molecule has 18 rings (SSSR count). The van der Waals surface area contributed by atoms with Crippen LogP contribution in [0.25, 0.3) is 82.5 Å². The second-order valence-corrected chi connectivity index (χ2v) is 22.4. The zero-order chi connectivity index (χ0) is 56.4. The lowest BCUT2D eigenvalue weighted by molar-refractivity contribution is 0.464. The van der Waals surface area contributed by atoms with E-state index in [2.05, 4.69) is 327 Å². The Balaban J connectivity index is 0.872. The molecule has 0 saturated heterocycles. The predicted molar refractivity (Wildman–Crippen MR) is 357 cm³/mol. The number of fused-ring (bicyclic) bond motifs is 13. The zero-order valence-electron chi connectivity index (χ0n) is 46.5. The highest BCUT2D eigenvalue weighted by Gasteiger charge is 2.41. The van der Waals surface area contributed by atoms with E-state index < -0.39 is 0 Å². The molecule has 7 nitrogen and oxygen atoms in total. The maximum atomic E-state index is 7.42. The van der Waals surface area contributed by atoms with Crippen LogP contribution in [0.1, 0.15) is 0 Å². The molecule has 13 aromatic carbocycles. The van der Waals surface area contributed by atoms with Crippen LogP contribution in [0.3, 0.4) is 0 Å². The van der Waals surface area contributed by atoms with Crippen LogP contribution in [-0.4, -0.2) is 20.4 Å². The maximum absolute atomic E-state index is 7.42. The van der Waals surface area contributed by atoms with E-state index in [1.807, 2.05) is 0 Å². The Kier molecular flexibility index (Phi) is 10.6. The summed E-state index contributed by atoms with van der Waals surface area (Å²) in [6.45, 7) is -0.187. The molecule has 0 amide bonds. The van der Waals surface area contributed by atoms with Crippen molar-refractivity contribution < 1.29 is 9.47 Å². The molecule has 402 valence electrons. The molecule has 0 aliphatic carbocycles. The number of rotatable bonds is 9. The Morgan fingerprint density at radius 2 is 0.535 bits per heavy atom. The van der Waals surface area contributed by atoms with Crippen molar-refractivity contribution in [3.63, 3.8) is 0 Å². The Hall–Kier alpha value is -11.5. The van der Waals surface area contributed by atoms with Gasteiger partial charge in [0.15, 0.2) is 0 Å². The molecule has 0 spiro atoms. The van der Waals surface area contributed by atoms with Gasteiger partial charge in [-0.3, -0.25) is 0 Å². The molecule has 16 aromatic rings. The maximum Gasteiger partial charge on any atom is 0.260 e. The van der Waals surface area contributed by atoms with Crippen molar-refractivity contribution in [3.8, 4) is 40.1 Å². The lowest BCUT2D eigenvalue weighted by Gasteiger charge is -2.34. The lowest BCUT2D eigenvalue weighted by Crippen LogP contribution is -2.57. The Morgan fingerprint density at radius 1 is 0.233 bits per heavy atom. The summed E-state index contributed by atoms with van der Waals surface area (Å²) in [5, 5.41) is 7.06. The molecule has 0 fully saturated rings. The molecular formula is C78H50BN5O2. The third kappa shape index (κ3) is 7.36. The van der Waals surface area contributed by atoms with E-state index in [0.29, 0.717) is 0 Å². The molecule has 2 aliphatic rings. The quantitative estimate of drug-likeness (QED) is 0.135. The summed E-state index contributed by atoms with van der Waals surface area (Å²) in [7, 11) is 0. The molecule has 0 radical (unpaired) electrons. The summed E-state index contributed by atoms with van der Waals surface area (Å²) in [6, 6.07) is 109. The second kappa shape index (κ2) is 19.0. The number of para-hydroxylation sites is 8. The first-order valence-corrected chi connectivity index (χ1v) is 29.3. The van der Waals surface area contributed by atoms with Gasteiger partial charge in [-0.05, 0) is 132 Å². The Bertz CT molecular complexity index is 4870. The van der Waals surface area contributed by atoms with Crippen molar-refractivity contribution in [3.05, 3.63) is 303 Å². The topological polar surface area (TPSA) is 39.7 Å². The third-order valence-corrected chi connectivity index (χ3v) is 17.7. The summed E-state index contributed by atoms with van der Waals surface area (Å²) in [4.78, 5) is 4.68. The van der Waals surface area contributed by atoms with Crippen LogP contribution in [0.2, 0.25) is 0 Å². The van der Waals surface area contributed by atoms with Crippen molar-refractivity contribution in [2.24, 2.45) is 0 Å². The first-order chi connectivity index (χ1) is 42.7. The van der Waals surface area contributed by atoms with Gasteiger partial charge in [0.2, 0.25) is 0 Å². The third-order valence-electron chi connectivity index (χ3n) is 17.7. The number of nitrogens with zero attached hydrogens (tertiary/aromatic N) is 5. The highest BCUT2D eigenvalue weighted by Crippen LogP contribution is 2.46. The van der Waals surface area contributed by atoms with Gasteiger partial charge in [0.25, 0.3) is 6.71 Å². The SMILES string of the molecule is c1ccc(N(c2ccccc2)c2ccc3c(c2)c2cc(N(c4ccccc4)c4ccccc4)ccc2n3-c2cc3c4c(c2)Oc2cc(-n5c6ccccc6c6ccccc65)ccc2B4c2ccc(-n4c5ccccc5c5ccccc54)cc2O3)cc1. The summed E-state index contributed by atoms with van der Waals surface area (Å²) in [5.41, 5.74) is 19.2. The van der Waals surface area contributed by atoms with Gasteiger partial charge in [-0.15, -0.1) is 0 Å². The Labute approximate surface area is 496 Å². The predicted octanol–water partition coefficient (Wildman–Crippen LogP) is 18.6. The van der Waals surface area contributed by atoms with Crippen molar-refractivity contribution in [2.75, 3.05) is 9.80 Å². The number of ether oxygens (including phenoxy) is 2. The summed E-state index contributed by atoms with van der Waals surface area (Å²) < 4.78 is 22.0. The van der Waals surface area contributed by atoms with Gasteiger partial charge in [-0.1, -0.05) is 158 Å². The molecule has 0 N–H and O–H groups in total. The van der Waals surface area contributed by atoms with Crippen LogP contribution in [-0.2, 0) is 0 Å². The van der Waals surface area contributed by atoms with E-state index in [-0.39, 0.29) is 6.71 Å². The molecule has 0 atom stereocenters. The number of benzene rings is 13. The van der Waals surface area contributed by atoms with Crippen LogP contribution in [0, 0.1) is 0 Å². The van der Waals surface area contributed by atoms with E-state index >= 15 is 0 Å². The van der Waals surface area contributed by atoms with Gasteiger partial charge in [0.1, 0.15) is 23.0 Å². The van der Waals surface area contributed by atoms with Crippen LogP contribution in [0.15, 0.2) is 303 Å². The van der Waals surface area contributed by atoms with E-state index in [4.69, 9.17) is 9.47 Å². The van der Waals surface area contributed by atoms with Crippen molar-refractivity contribution >= 4 is 123 Å². The number of anilines is 6. The van der Waals surface area contributed by atoms with Gasteiger partial charge in [0, 0.05) is 108 Å². The van der Waals surface area contributed by atoms with Crippen LogP contribution < -0.4 is 35.7 Å². The molecule has 3 aromatic heterocycles. The van der Waals surface area contributed by atoms with Crippen molar-refractivity contribution in [2.45, 2.75) is 0 Å². The monoisotopic (exact) mass is 1100 g/mol. The fourth-order valence-electron chi connectivity index (χ4n) is 14.0. The zero-order valence-corrected chi connectivity index (χ0v) is 46.5. The summed E-state index contributed by atoms with van der Waals surface area (Å²) in [6.07, 6.45) is 0. The van der Waals surface area contributed by atoms with E-state index in [9.17, 15) is 0 Å². The van der Waals surface area contributed by atoms with Crippen LogP contribution in [0.4, 0.5) is 34.1 Å². The van der Waals surface area contributed by atoms with Gasteiger partial charge in [-0.25, -0.2) is 0 Å². The van der Waals surface area contributed by atoms with Gasteiger partial charge in [0.05, 0.1) is 38.8 Å². The first-order valence-electron chi connectivity index (χ1n) is 29.3. The minimum absolute atomic E-state index is 0.187. The van der Waals surface area contributed by atoms with Gasteiger partial charge < -0.3 is 33.0 Å². The van der Waals surface area contributed by atoms with Crippen LogP contribution >= 0.6 is 0 Å². The van der Waals surface area contributed by atoms with Crippen molar-refractivity contribution in [1.82, 2.24) is 13.7 Å². The molecule has 0 unspecified atom stereocenters. The van der Waals surface area contributed by atoms with Gasteiger partial charge in [-0.2, -0.15) is 0 Å². The molecular weight excluding hydrogens is 1050 g/mol. The lowest BCUT2D eigenvalue weighted by atomic mass is 9.35. The van der Waals surface area contributed by atoms with Crippen molar-refractivity contribution in [1.29, 1.82) is 0 Å². The van der Waals surface area contributed by atoms with E-state index in [0.717, 1.165) is 134 Å². The van der Waals surface area contributed by atoms with Gasteiger partial charge >= 0.3 is 0 Å². The highest BCUT2D eigenvalue weighted by molar-refractivity contribution is 6.98. The molecule has 8 heteroatoms. The average molecular weight is 1100 g/mol. The summed E-state index contributed by atoms with van der Waals surface area (Å²) in [5.74, 6) is 3.14. The first kappa shape index (κ1) is 48.1. The smallest absolute Gasteiger partial charge is 0.260 e. The normalized spacial score (nSPS) is 12.3.